The van der Waals surface area contributed by atoms with Crippen LogP contribution in [0.3, 0.4) is 0 Å². The zero-order chi connectivity index (χ0) is 20.3. The van der Waals surface area contributed by atoms with Gasteiger partial charge in [0.1, 0.15) is 11.5 Å². The van der Waals surface area contributed by atoms with Crippen molar-refractivity contribution in [1.82, 2.24) is 4.31 Å². The van der Waals surface area contributed by atoms with Gasteiger partial charge in [-0.1, -0.05) is 12.1 Å². The number of methoxy groups -OCH3 is 1. The predicted molar refractivity (Wildman–Crippen MR) is 104 cm³/mol. The van der Waals surface area contributed by atoms with Gasteiger partial charge in [0.25, 0.3) is 0 Å². The summed E-state index contributed by atoms with van der Waals surface area (Å²) >= 11 is 0. The normalized spacial score (nSPS) is 13.9. The van der Waals surface area contributed by atoms with Gasteiger partial charge < -0.3 is 19.3 Å². The summed E-state index contributed by atoms with van der Waals surface area (Å²) in [6, 6.07) is 8.95. The van der Waals surface area contributed by atoms with Crippen LogP contribution in [-0.2, 0) is 27.9 Å². The Kier molecular flexibility index (Phi) is 6.24. The number of hydrogen-bond acceptors (Lipinski definition) is 6. The maximum Gasteiger partial charge on any atom is 0.243 e. The van der Waals surface area contributed by atoms with E-state index in [1.54, 1.807) is 33.1 Å². The molecule has 0 saturated heterocycles. The van der Waals surface area contributed by atoms with Crippen molar-refractivity contribution in [2.75, 3.05) is 27.1 Å². The van der Waals surface area contributed by atoms with Crippen molar-refractivity contribution in [3.05, 3.63) is 52.6 Å². The van der Waals surface area contributed by atoms with Gasteiger partial charge in [0.05, 0.1) is 25.2 Å². The molecule has 7 nitrogen and oxygen atoms in total. The Morgan fingerprint density at radius 2 is 1.89 bits per heavy atom. The molecule has 0 saturated carbocycles. The molecule has 28 heavy (non-hydrogen) atoms. The molecule has 2 aromatic rings. The standard InChI is InChI=1S/C20H25NO6S/c1-14-8-18(25-3)9-15(2)20(14)28(23,24)21(6-7-22)11-16-4-5-17-12-26-13-27-19(17)10-16/h4-5,8-10,22H,6-7,11-13H2,1-3H3. The summed E-state index contributed by atoms with van der Waals surface area (Å²) in [5.41, 5.74) is 2.91. The van der Waals surface area contributed by atoms with E-state index in [1.165, 1.54) is 4.31 Å². The highest BCUT2D eigenvalue weighted by molar-refractivity contribution is 7.89. The summed E-state index contributed by atoms with van der Waals surface area (Å²) in [6.07, 6.45) is 0. The van der Waals surface area contributed by atoms with Gasteiger partial charge in [-0.05, 0) is 48.7 Å². The van der Waals surface area contributed by atoms with Crippen LogP contribution in [0.5, 0.6) is 11.5 Å². The fourth-order valence-corrected chi connectivity index (χ4v) is 5.20. The minimum atomic E-state index is -3.82. The van der Waals surface area contributed by atoms with Gasteiger partial charge in [-0.15, -0.1) is 0 Å². The highest BCUT2D eigenvalue weighted by Crippen LogP contribution is 2.30. The van der Waals surface area contributed by atoms with E-state index in [0.717, 1.165) is 11.1 Å². The summed E-state index contributed by atoms with van der Waals surface area (Å²) in [6.45, 7) is 3.98. The average Bonchev–Trinajstić information content (AvgIpc) is 2.66. The van der Waals surface area contributed by atoms with Crippen molar-refractivity contribution in [1.29, 1.82) is 0 Å². The highest BCUT2D eigenvalue weighted by atomic mass is 32.2. The molecular formula is C20H25NO6S. The average molecular weight is 407 g/mol. The van der Waals surface area contributed by atoms with Crippen LogP contribution in [0.15, 0.2) is 35.2 Å². The van der Waals surface area contributed by atoms with E-state index < -0.39 is 10.0 Å². The van der Waals surface area contributed by atoms with E-state index in [0.29, 0.717) is 29.2 Å². The molecule has 8 heteroatoms. The van der Waals surface area contributed by atoms with E-state index in [4.69, 9.17) is 14.2 Å². The van der Waals surface area contributed by atoms with Gasteiger partial charge in [0.2, 0.25) is 10.0 Å². The smallest absolute Gasteiger partial charge is 0.243 e. The topological polar surface area (TPSA) is 85.3 Å². The summed E-state index contributed by atoms with van der Waals surface area (Å²) in [5.74, 6) is 1.30. The Labute approximate surface area is 165 Å². The van der Waals surface area contributed by atoms with Gasteiger partial charge in [0.15, 0.2) is 6.79 Å². The lowest BCUT2D eigenvalue weighted by Crippen LogP contribution is -2.34. The molecule has 1 heterocycles. The third-order valence-corrected chi connectivity index (χ3v) is 6.81. The van der Waals surface area contributed by atoms with Gasteiger partial charge in [-0.2, -0.15) is 4.31 Å². The van der Waals surface area contributed by atoms with Crippen molar-refractivity contribution >= 4 is 10.0 Å². The fourth-order valence-electron chi connectivity index (χ4n) is 3.37. The number of aliphatic hydroxyl groups excluding tert-OH is 1. The van der Waals surface area contributed by atoms with E-state index >= 15 is 0 Å². The quantitative estimate of drug-likeness (QED) is 0.758. The SMILES string of the molecule is COc1cc(C)c(S(=O)(=O)N(CCO)Cc2ccc3c(c2)OCOC3)c(C)c1. The second-order valence-electron chi connectivity index (χ2n) is 6.71. The number of sulfonamides is 1. The van der Waals surface area contributed by atoms with E-state index in [9.17, 15) is 13.5 Å². The molecule has 1 N–H and O–H groups in total. The first-order chi connectivity index (χ1) is 13.4. The summed E-state index contributed by atoms with van der Waals surface area (Å²) < 4.78 is 44.0. The summed E-state index contributed by atoms with van der Waals surface area (Å²) in [5, 5.41) is 9.47. The van der Waals surface area contributed by atoms with Crippen LogP contribution in [0.25, 0.3) is 0 Å². The minimum Gasteiger partial charge on any atom is -0.497 e. The maximum absolute atomic E-state index is 13.4. The van der Waals surface area contributed by atoms with Crippen LogP contribution < -0.4 is 9.47 Å². The highest BCUT2D eigenvalue weighted by Gasteiger charge is 2.28. The van der Waals surface area contributed by atoms with Crippen LogP contribution in [0.2, 0.25) is 0 Å². The van der Waals surface area contributed by atoms with Crippen molar-refractivity contribution < 1.29 is 27.7 Å². The number of benzene rings is 2. The maximum atomic E-state index is 13.4. The molecule has 0 unspecified atom stereocenters. The zero-order valence-corrected chi connectivity index (χ0v) is 17.1. The molecule has 0 fully saturated rings. The molecule has 152 valence electrons. The lowest BCUT2D eigenvalue weighted by atomic mass is 10.1. The van der Waals surface area contributed by atoms with E-state index in [2.05, 4.69) is 0 Å². The Morgan fingerprint density at radius 1 is 1.18 bits per heavy atom. The van der Waals surface area contributed by atoms with Crippen molar-refractivity contribution in [2.24, 2.45) is 0 Å². The van der Waals surface area contributed by atoms with Gasteiger partial charge in [-0.3, -0.25) is 0 Å². The molecule has 1 aliphatic rings. The van der Waals surface area contributed by atoms with Crippen molar-refractivity contribution in [3.63, 3.8) is 0 Å². The molecular weight excluding hydrogens is 382 g/mol. The molecule has 0 amide bonds. The number of fused-ring (bicyclic) bond motifs is 1. The van der Waals surface area contributed by atoms with Crippen LogP contribution in [0, 0.1) is 13.8 Å². The second-order valence-corrected chi connectivity index (χ2v) is 8.58. The fraction of sp³-hybridized carbons (Fsp3) is 0.400. The van der Waals surface area contributed by atoms with Crippen LogP contribution in [0.4, 0.5) is 0 Å². The van der Waals surface area contributed by atoms with Gasteiger partial charge >= 0.3 is 0 Å². The summed E-state index contributed by atoms with van der Waals surface area (Å²) in [4.78, 5) is 0.240. The summed E-state index contributed by atoms with van der Waals surface area (Å²) in [7, 11) is -2.27. The Balaban J connectivity index is 1.95. The second kappa shape index (κ2) is 8.48. The Hall–Kier alpha value is -2.13. The third-order valence-electron chi connectivity index (χ3n) is 4.66. The molecule has 1 aliphatic heterocycles. The Bertz CT molecular complexity index is 934. The number of ether oxygens (including phenoxy) is 3. The number of aliphatic hydroxyl groups is 1. The largest absolute Gasteiger partial charge is 0.497 e. The molecule has 3 rings (SSSR count). The lowest BCUT2D eigenvalue weighted by Gasteiger charge is -2.25. The lowest BCUT2D eigenvalue weighted by molar-refractivity contribution is -0.0164. The first-order valence-electron chi connectivity index (χ1n) is 8.95. The predicted octanol–water partition coefficient (Wildman–Crippen LogP) is 2.36. The third kappa shape index (κ3) is 4.15. The van der Waals surface area contributed by atoms with Crippen LogP contribution in [0.1, 0.15) is 22.3 Å². The number of hydrogen-bond donors (Lipinski definition) is 1. The molecule has 0 atom stereocenters. The molecule has 0 radical (unpaired) electrons. The number of aryl methyl sites for hydroxylation is 2. The van der Waals surface area contributed by atoms with Crippen LogP contribution in [-0.4, -0.2) is 44.9 Å². The first-order valence-corrected chi connectivity index (χ1v) is 10.4. The molecule has 0 spiro atoms. The molecule has 2 aromatic carbocycles. The number of nitrogens with zero attached hydrogens (tertiary/aromatic N) is 1. The molecule has 0 aliphatic carbocycles. The van der Waals surface area contributed by atoms with E-state index in [-0.39, 0.29) is 31.4 Å². The van der Waals surface area contributed by atoms with Crippen molar-refractivity contribution in [3.8, 4) is 11.5 Å². The molecule has 0 bridgehead atoms. The van der Waals surface area contributed by atoms with Gasteiger partial charge in [0, 0.05) is 18.7 Å². The zero-order valence-electron chi connectivity index (χ0n) is 16.3. The Morgan fingerprint density at radius 3 is 2.54 bits per heavy atom. The van der Waals surface area contributed by atoms with Crippen molar-refractivity contribution in [2.45, 2.75) is 31.9 Å². The van der Waals surface area contributed by atoms with Gasteiger partial charge in [-0.25, -0.2) is 8.42 Å². The number of rotatable bonds is 7. The van der Waals surface area contributed by atoms with Crippen LogP contribution >= 0.6 is 0 Å². The monoisotopic (exact) mass is 407 g/mol. The first kappa shape index (κ1) is 20.6. The van der Waals surface area contributed by atoms with E-state index in [1.807, 2.05) is 18.2 Å². The minimum absolute atomic E-state index is 0.00566. The molecule has 0 aromatic heterocycles.